The Labute approximate surface area is 294 Å². The first-order chi connectivity index (χ1) is 24.6. The monoisotopic (exact) mass is 715 g/mol. The van der Waals surface area contributed by atoms with Crippen LogP contribution in [0.3, 0.4) is 0 Å². The molecule has 51 heavy (non-hydrogen) atoms. The summed E-state index contributed by atoms with van der Waals surface area (Å²) < 4.78 is 67.1. The van der Waals surface area contributed by atoms with Crippen LogP contribution in [0.5, 0.6) is 11.5 Å². The zero-order chi connectivity index (χ0) is 36.5. The summed E-state index contributed by atoms with van der Waals surface area (Å²) in [4.78, 5) is 40.5. The van der Waals surface area contributed by atoms with Crippen LogP contribution in [-0.4, -0.2) is 31.9 Å². The molecule has 1 unspecified atom stereocenters. The molecule has 5 rings (SSSR count). The van der Waals surface area contributed by atoms with Crippen LogP contribution in [0.2, 0.25) is 0 Å². The summed E-state index contributed by atoms with van der Waals surface area (Å²) >= 11 is 0.988. The average molecular weight is 716 g/mol. The molecular weight excluding hydrogens is 686 g/mol. The van der Waals surface area contributed by atoms with Crippen molar-refractivity contribution in [2.45, 2.75) is 10.1 Å². The molecule has 0 spiro atoms. The third-order valence-electron chi connectivity index (χ3n) is 7.34. The molecule has 8 nitrogen and oxygen atoms in total. The molecule has 0 bridgehead atoms. The van der Waals surface area contributed by atoms with Gasteiger partial charge >= 0.3 is 0 Å². The van der Waals surface area contributed by atoms with Crippen molar-refractivity contribution in [3.05, 3.63) is 155 Å². The molecule has 1 atom stereocenters. The third kappa shape index (κ3) is 8.94. The van der Waals surface area contributed by atoms with Crippen LogP contribution in [0.4, 0.5) is 28.9 Å². The topological polar surface area (TPSA) is 106 Å². The number of carbonyl (C=O) groups is 3. The van der Waals surface area contributed by atoms with Crippen molar-refractivity contribution < 1.29 is 41.4 Å². The number of anilines is 2. The van der Waals surface area contributed by atoms with Crippen LogP contribution in [0.25, 0.3) is 6.08 Å². The Bertz CT molecular complexity index is 2060. The number of ether oxygens (including phenoxy) is 2. The molecule has 5 aromatic carbocycles. The fourth-order valence-corrected chi connectivity index (χ4v) is 5.78. The van der Waals surface area contributed by atoms with Crippen LogP contribution >= 0.6 is 11.8 Å². The van der Waals surface area contributed by atoms with Crippen molar-refractivity contribution >= 4 is 46.9 Å². The van der Waals surface area contributed by atoms with Gasteiger partial charge in [-0.1, -0.05) is 48.5 Å². The minimum Gasteiger partial charge on any atom is -0.497 e. The number of nitrogens with one attached hydrogen (secondary N) is 3. The van der Waals surface area contributed by atoms with Crippen LogP contribution in [-0.2, 0) is 9.59 Å². The van der Waals surface area contributed by atoms with Crippen LogP contribution < -0.4 is 25.4 Å². The summed E-state index contributed by atoms with van der Waals surface area (Å²) in [5.41, 5.74) is 0.227. The van der Waals surface area contributed by atoms with E-state index in [-0.39, 0.29) is 11.8 Å². The van der Waals surface area contributed by atoms with Gasteiger partial charge < -0.3 is 25.4 Å². The van der Waals surface area contributed by atoms with Gasteiger partial charge in [0.1, 0.15) is 28.1 Å². The van der Waals surface area contributed by atoms with E-state index in [1.54, 1.807) is 103 Å². The summed E-state index contributed by atoms with van der Waals surface area (Å²) in [5, 5.41) is 6.27. The predicted octanol–water partition coefficient (Wildman–Crippen LogP) is 8.14. The fraction of sp³-hybridized carbons (Fsp3) is 0.0789. The molecule has 0 aliphatic carbocycles. The maximum Gasteiger partial charge on any atom is 0.272 e. The molecule has 0 aliphatic rings. The normalized spacial score (nSPS) is 11.7. The van der Waals surface area contributed by atoms with Gasteiger partial charge in [-0.2, -0.15) is 0 Å². The van der Waals surface area contributed by atoms with Gasteiger partial charge in [0.05, 0.1) is 14.2 Å². The number of methoxy groups -OCH3 is 2. The van der Waals surface area contributed by atoms with E-state index in [2.05, 4.69) is 10.6 Å². The molecule has 3 N–H and O–H groups in total. The largest absolute Gasteiger partial charge is 0.497 e. The smallest absolute Gasteiger partial charge is 0.272 e. The first-order valence-corrected chi connectivity index (χ1v) is 16.0. The molecule has 13 heteroatoms. The highest BCUT2D eigenvalue weighted by Gasteiger charge is 2.27. The van der Waals surface area contributed by atoms with Crippen molar-refractivity contribution in [3.63, 3.8) is 0 Å². The molecular formula is C38H29F4N3O5S. The highest BCUT2D eigenvalue weighted by atomic mass is 32.2. The van der Waals surface area contributed by atoms with E-state index in [1.165, 1.54) is 20.3 Å². The summed E-state index contributed by atoms with van der Waals surface area (Å²) in [6.45, 7) is 0. The molecule has 0 radical (unpaired) electrons. The van der Waals surface area contributed by atoms with Crippen molar-refractivity contribution in [2.75, 3.05) is 24.9 Å². The average Bonchev–Trinajstić information content (AvgIpc) is 3.15. The van der Waals surface area contributed by atoms with Crippen molar-refractivity contribution in [1.82, 2.24) is 5.32 Å². The summed E-state index contributed by atoms with van der Waals surface area (Å²) in [5.74, 6) is -8.01. The molecule has 0 heterocycles. The zero-order valence-electron chi connectivity index (χ0n) is 27.0. The van der Waals surface area contributed by atoms with E-state index < -0.39 is 51.9 Å². The number of amides is 3. The Morgan fingerprint density at radius 3 is 1.96 bits per heavy atom. The minimum atomic E-state index is -1.74. The number of thioether (sulfide) groups is 1. The van der Waals surface area contributed by atoms with E-state index in [0.29, 0.717) is 38.8 Å². The fourth-order valence-electron chi connectivity index (χ4n) is 4.76. The maximum atomic E-state index is 14.4. The molecule has 0 aromatic heterocycles. The van der Waals surface area contributed by atoms with E-state index in [0.717, 1.165) is 11.8 Å². The van der Waals surface area contributed by atoms with Gasteiger partial charge in [0.15, 0.2) is 23.3 Å². The van der Waals surface area contributed by atoms with Crippen LogP contribution in [0.15, 0.2) is 120 Å². The van der Waals surface area contributed by atoms with Gasteiger partial charge in [-0.15, -0.1) is 11.8 Å². The summed E-state index contributed by atoms with van der Waals surface area (Å²) in [7, 11) is 2.96. The molecule has 0 saturated heterocycles. The molecule has 5 aromatic rings. The predicted molar refractivity (Wildman–Crippen MR) is 186 cm³/mol. The highest BCUT2D eigenvalue weighted by Crippen LogP contribution is 2.37. The van der Waals surface area contributed by atoms with Gasteiger partial charge in [0.2, 0.25) is 5.91 Å². The van der Waals surface area contributed by atoms with Crippen molar-refractivity contribution in [3.8, 4) is 11.5 Å². The summed E-state index contributed by atoms with van der Waals surface area (Å²) in [6, 6.07) is 27.9. The van der Waals surface area contributed by atoms with Gasteiger partial charge in [-0.3, -0.25) is 14.4 Å². The van der Waals surface area contributed by atoms with Crippen LogP contribution in [0, 0.1) is 23.3 Å². The second kappa shape index (κ2) is 16.5. The van der Waals surface area contributed by atoms with Gasteiger partial charge in [-0.25, -0.2) is 17.6 Å². The Balaban J connectivity index is 1.38. The minimum absolute atomic E-state index is 0.0516. The van der Waals surface area contributed by atoms with E-state index in [1.807, 2.05) is 5.32 Å². The second-order valence-electron chi connectivity index (χ2n) is 10.7. The Hall–Kier alpha value is -6.08. The molecule has 0 fully saturated rings. The lowest BCUT2D eigenvalue weighted by molar-refractivity contribution is -0.116. The number of hydrogen-bond donors (Lipinski definition) is 3. The first-order valence-electron chi connectivity index (χ1n) is 15.1. The standard InChI is InChI=1S/C38H29F4N3O5S/c1-49-26-16-13-24(31(20-26)50-2)19-30(44-36(46)23-11-7-4-8-12-23)37(47)43-25-14-17-27(18-15-25)51-35(22-9-5-3-6-10-22)38(48)45-34-32(41)28(39)21-29(40)33(34)42/h3-21,35H,1-2H3,(H,43,47)(H,44,46)(H,45,48)/b30-19-. The van der Waals surface area contributed by atoms with Crippen LogP contribution in [0.1, 0.15) is 26.7 Å². The molecule has 260 valence electrons. The number of carbonyl (C=O) groups excluding carboxylic acids is 3. The molecule has 0 aliphatic heterocycles. The Morgan fingerprint density at radius 2 is 1.35 bits per heavy atom. The maximum absolute atomic E-state index is 14.4. The second-order valence-corrected chi connectivity index (χ2v) is 11.9. The highest BCUT2D eigenvalue weighted by molar-refractivity contribution is 8.00. The number of hydrogen-bond acceptors (Lipinski definition) is 6. The number of benzene rings is 5. The number of halogens is 4. The quantitative estimate of drug-likeness (QED) is 0.0522. The lowest BCUT2D eigenvalue weighted by Crippen LogP contribution is -2.30. The van der Waals surface area contributed by atoms with E-state index in [4.69, 9.17) is 9.47 Å². The van der Waals surface area contributed by atoms with Crippen molar-refractivity contribution in [2.24, 2.45) is 0 Å². The molecule has 0 saturated carbocycles. The lowest BCUT2D eigenvalue weighted by Gasteiger charge is -2.18. The summed E-state index contributed by atoms with van der Waals surface area (Å²) in [6.07, 6.45) is 1.46. The Morgan fingerprint density at radius 1 is 0.725 bits per heavy atom. The lowest BCUT2D eigenvalue weighted by atomic mass is 10.1. The zero-order valence-corrected chi connectivity index (χ0v) is 27.8. The van der Waals surface area contributed by atoms with E-state index in [9.17, 15) is 31.9 Å². The third-order valence-corrected chi connectivity index (χ3v) is 8.60. The SMILES string of the molecule is COc1ccc(/C=C(\NC(=O)c2ccccc2)C(=O)Nc2ccc(SC(C(=O)Nc3c(F)c(F)cc(F)c3F)c3ccccc3)cc2)c(OC)c1. The van der Waals surface area contributed by atoms with Gasteiger partial charge in [-0.05, 0) is 60.2 Å². The molecule has 3 amide bonds. The first kappa shape index (κ1) is 36.2. The van der Waals surface area contributed by atoms with E-state index >= 15 is 0 Å². The number of rotatable bonds is 12. The van der Waals surface area contributed by atoms with Gasteiger partial charge in [0, 0.05) is 33.8 Å². The van der Waals surface area contributed by atoms with Crippen molar-refractivity contribution in [1.29, 1.82) is 0 Å². The van der Waals surface area contributed by atoms with Gasteiger partial charge in [0.25, 0.3) is 11.8 Å². The Kier molecular flexibility index (Phi) is 11.7.